The molecule has 2 aliphatic carbocycles. The molecule has 11 heteroatoms. The largest absolute Gasteiger partial charge is 0.381 e. The van der Waals surface area contributed by atoms with Crippen LogP contribution in [0.1, 0.15) is 61.8 Å². The van der Waals surface area contributed by atoms with Gasteiger partial charge in [-0.1, -0.05) is 0 Å². The van der Waals surface area contributed by atoms with E-state index in [0.29, 0.717) is 28.5 Å². The van der Waals surface area contributed by atoms with Crippen molar-refractivity contribution >= 4 is 28.9 Å². The predicted octanol–water partition coefficient (Wildman–Crippen LogP) is 3.10. The molecule has 3 N–H and O–H groups in total. The Morgan fingerprint density at radius 1 is 1.19 bits per heavy atom. The molecule has 0 spiro atoms. The Hall–Kier alpha value is -3.44. The van der Waals surface area contributed by atoms with Gasteiger partial charge in [0.1, 0.15) is 22.9 Å². The van der Waals surface area contributed by atoms with Gasteiger partial charge < -0.3 is 30.0 Å². The monoisotopic (exact) mass is 509 g/mol. The van der Waals surface area contributed by atoms with Crippen LogP contribution >= 0.6 is 0 Å². The molecule has 0 saturated heterocycles. The lowest BCUT2D eigenvalue weighted by molar-refractivity contribution is -0.0828. The fraction of sp³-hybridized carbons (Fsp3) is 0.538. The third kappa shape index (κ3) is 4.69. The van der Waals surface area contributed by atoms with Crippen LogP contribution in [0.25, 0.3) is 5.65 Å². The second-order valence-corrected chi connectivity index (χ2v) is 10.1. The summed E-state index contributed by atoms with van der Waals surface area (Å²) in [5.41, 5.74) is 0.688. The maximum Gasteiger partial charge on any atom is 0.274 e. The summed E-state index contributed by atoms with van der Waals surface area (Å²) in [7, 11) is 5.17. The van der Waals surface area contributed by atoms with E-state index >= 15 is 0 Å². The number of ether oxygens (including phenoxy) is 2. The number of methoxy groups -OCH3 is 2. The molecule has 2 fully saturated rings. The molecule has 5 rings (SSSR count). The van der Waals surface area contributed by atoms with Gasteiger partial charge in [-0.25, -0.2) is 4.98 Å². The van der Waals surface area contributed by atoms with Crippen LogP contribution < -0.4 is 21.5 Å². The van der Waals surface area contributed by atoms with Crippen molar-refractivity contribution in [2.45, 2.75) is 69.2 Å². The quantitative estimate of drug-likeness (QED) is 0.423. The molecule has 1 amide bonds. The Morgan fingerprint density at radius 3 is 2.62 bits per heavy atom. The zero-order chi connectivity index (χ0) is 26.2. The molecule has 0 aliphatic heterocycles. The molecule has 198 valence electrons. The zero-order valence-electron chi connectivity index (χ0n) is 21.8. The van der Waals surface area contributed by atoms with Gasteiger partial charge in [0.2, 0.25) is 0 Å². The van der Waals surface area contributed by atoms with Crippen LogP contribution in [0.4, 0.5) is 17.3 Å². The highest BCUT2D eigenvalue weighted by atomic mass is 16.5. The minimum absolute atomic E-state index is 0.0771. The van der Waals surface area contributed by atoms with E-state index in [-0.39, 0.29) is 35.3 Å². The van der Waals surface area contributed by atoms with Crippen molar-refractivity contribution in [2.75, 3.05) is 31.9 Å². The van der Waals surface area contributed by atoms with Gasteiger partial charge in [-0.15, -0.1) is 0 Å². The average molecular weight is 510 g/mol. The van der Waals surface area contributed by atoms with Crippen molar-refractivity contribution in [1.29, 1.82) is 0 Å². The highest BCUT2D eigenvalue weighted by molar-refractivity contribution is 6.00. The van der Waals surface area contributed by atoms with Gasteiger partial charge >= 0.3 is 0 Å². The van der Waals surface area contributed by atoms with Crippen molar-refractivity contribution in [2.24, 2.45) is 0 Å². The van der Waals surface area contributed by atoms with E-state index in [0.717, 1.165) is 38.5 Å². The first kappa shape index (κ1) is 25.2. The third-order valence-corrected chi connectivity index (χ3v) is 8.02. The SMILES string of the molecule is CNc1cc(Nc2cccn(C3CCC(OC)CC3)c2=O)nc2c(C(=O)N[C@@H]3CC[C@@]3(C)OC)cnn12. The summed E-state index contributed by atoms with van der Waals surface area (Å²) in [5, 5.41) is 13.7. The molecule has 2 aliphatic rings. The molecule has 3 heterocycles. The number of nitrogens with one attached hydrogen (secondary N) is 3. The van der Waals surface area contributed by atoms with E-state index in [4.69, 9.17) is 9.47 Å². The number of amides is 1. The summed E-state index contributed by atoms with van der Waals surface area (Å²) in [6, 6.07) is 5.44. The molecule has 0 aromatic carbocycles. The molecule has 0 radical (unpaired) electrons. The molecule has 3 aromatic rings. The molecule has 11 nitrogen and oxygen atoms in total. The first-order valence-electron chi connectivity index (χ1n) is 12.8. The van der Waals surface area contributed by atoms with Crippen LogP contribution in [0.5, 0.6) is 0 Å². The molecule has 37 heavy (non-hydrogen) atoms. The highest BCUT2D eigenvalue weighted by Crippen LogP contribution is 2.35. The Balaban J connectivity index is 1.41. The van der Waals surface area contributed by atoms with Crippen molar-refractivity contribution in [3.05, 3.63) is 46.5 Å². The third-order valence-electron chi connectivity index (χ3n) is 8.02. The van der Waals surface area contributed by atoms with Crippen molar-refractivity contribution < 1.29 is 14.3 Å². The Bertz CT molecular complexity index is 1340. The summed E-state index contributed by atoms with van der Waals surface area (Å²) in [6.45, 7) is 1.99. The normalized spacial score (nSPS) is 25.5. The van der Waals surface area contributed by atoms with E-state index in [2.05, 4.69) is 26.0 Å². The second kappa shape index (κ2) is 10.1. The van der Waals surface area contributed by atoms with E-state index in [1.165, 1.54) is 6.20 Å². The van der Waals surface area contributed by atoms with Gasteiger partial charge in [-0.05, 0) is 57.6 Å². The number of nitrogens with zero attached hydrogens (tertiary/aromatic N) is 4. The lowest BCUT2D eigenvalue weighted by atomic mass is 9.76. The number of carbonyl (C=O) groups is 1. The van der Waals surface area contributed by atoms with Gasteiger partial charge in [-0.2, -0.15) is 9.61 Å². The van der Waals surface area contributed by atoms with Crippen LogP contribution in [-0.2, 0) is 9.47 Å². The van der Waals surface area contributed by atoms with Crippen LogP contribution in [-0.4, -0.2) is 64.1 Å². The summed E-state index contributed by atoms with van der Waals surface area (Å²) >= 11 is 0. The van der Waals surface area contributed by atoms with Gasteiger partial charge in [0, 0.05) is 39.6 Å². The lowest BCUT2D eigenvalue weighted by Crippen LogP contribution is -2.59. The van der Waals surface area contributed by atoms with Crippen molar-refractivity contribution in [3.8, 4) is 0 Å². The standard InChI is InChI=1S/C26H35N7O4/c1-26(37-4)12-11-20(26)30-24(34)18-15-28-33-22(27-2)14-21(31-23(18)33)29-19-6-5-13-32(25(19)35)16-7-9-17(36-3)10-8-16/h5-6,13-17,20,27H,7-12H2,1-4H3,(H,29,31)(H,30,34)/t16?,17?,20-,26-/m1/s1. The Morgan fingerprint density at radius 2 is 1.97 bits per heavy atom. The summed E-state index contributed by atoms with van der Waals surface area (Å²) < 4.78 is 14.4. The summed E-state index contributed by atoms with van der Waals surface area (Å²) in [4.78, 5) is 31.2. The number of rotatable bonds is 8. The number of carbonyl (C=O) groups excluding carboxylic acids is 1. The van der Waals surface area contributed by atoms with Gasteiger partial charge in [0.15, 0.2) is 5.65 Å². The molecule has 2 atom stereocenters. The molecule has 3 aromatic heterocycles. The predicted molar refractivity (Wildman–Crippen MR) is 141 cm³/mol. The maximum absolute atomic E-state index is 13.3. The minimum atomic E-state index is -0.370. The number of hydrogen-bond donors (Lipinski definition) is 3. The summed E-state index contributed by atoms with van der Waals surface area (Å²) in [6.07, 6.45) is 9.02. The number of hydrogen-bond acceptors (Lipinski definition) is 8. The lowest BCUT2D eigenvalue weighted by Gasteiger charge is -2.45. The minimum Gasteiger partial charge on any atom is -0.381 e. The fourth-order valence-electron chi connectivity index (χ4n) is 5.36. The Kier molecular flexibility index (Phi) is 6.91. The van der Waals surface area contributed by atoms with Gasteiger partial charge in [0.25, 0.3) is 11.5 Å². The first-order valence-corrected chi connectivity index (χ1v) is 12.8. The van der Waals surface area contributed by atoms with E-state index in [9.17, 15) is 9.59 Å². The molecule has 0 bridgehead atoms. The van der Waals surface area contributed by atoms with E-state index in [1.54, 1.807) is 42.5 Å². The van der Waals surface area contributed by atoms with E-state index < -0.39 is 0 Å². The summed E-state index contributed by atoms with van der Waals surface area (Å²) in [5.74, 6) is 0.809. The van der Waals surface area contributed by atoms with Crippen LogP contribution in [0.15, 0.2) is 35.4 Å². The average Bonchev–Trinajstić information content (AvgIpc) is 3.35. The van der Waals surface area contributed by atoms with Crippen LogP contribution in [0, 0.1) is 0 Å². The van der Waals surface area contributed by atoms with Crippen LogP contribution in [0.3, 0.4) is 0 Å². The molecular formula is C26H35N7O4. The topological polar surface area (TPSA) is 124 Å². The first-order chi connectivity index (χ1) is 17.9. The second-order valence-electron chi connectivity index (χ2n) is 10.1. The number of aromatic nitrogens is 4. The number of pyridine rings is 1. The van der Waals surface area contributed by atoms with E-state index in [1.807, 2.05) is 19.2 Å². The number of fused-ring (bicyclic) bond motifs is 1. The zero-order valence-corrected chi connectivity index (χ0v) is 21.8. The van der Waals surface area contributed by atoms with Crippen LogP contribution in [0.2, 0.25) is 0 Å². The van der Waals surface area contributed by atoms with Gasteiger partial charge in [-0.3, -0.25) is 9.59 Å². The molecule has 2 saturated carbocycles. The molecular weight excluding hydrogens is 474 g/mol. The van der Waals surface area contributed by atoms with Crippen molar-refractivity contribution in [3.63, 3.8) is 0 Å². The van der Waals surface area contributed by atoms with Crippen molar-refractivity contribution in [1.82, 2.24) is 24.5 Å². The van der Waals surface area contributed by atoms with Gasteiger partial charge in [0.05, 0.1) is 23.9 Å². The fourth-order valence-corrected chi connectivity index (χ4v) is 5.36. The Labute approximate surface area is 215 Å². The smallest absolute Gasteiger partial charge is 0.274 e. The maximum atomic E-state index is 13.3. The highest BCUT2D eigenvalue weighted by Gasteiger charge is 2.44. The number of anilines is 3. The molecule has 0 unspecified atom stereocenters.